The van der Waals surface area contributed by atoms with Crippen molar-refractivity contribution < 1.29 is 4.79 Å². The van der Waals surface area contributed by atoms with Crippen LogP contribution in [0.1, 0.15) is 9.67 Å². The summed E-state index contributed by atoms with van der Waals surface area (Å²) < 4.78 is 0. The van der Waals surface area contributed by atoms with Gasteiger partial charge >= 0.3 is 0 Å². The predicted octanol–water partition coefficient (Wildman–Crippen LogP) is 5.80. The second-order valence-corrected chi connectivity index (χ2v) is 7.20. The zero-order valence-corrected chi connectivity index (χ0v) is 14.9. The minimum absolute atomic E-state index is 0.103. The van der Waals surface area contributed by atoms with Gasteiger partial charge in [-0.25, -0.2) is 0 Å². The number of para-hydroxylation sites is 1. The summed E-state index contributed by atoms with van der Waals surface area (Å²) in [6.07, 6.45) is 0. The third-order valence-corrected chi connectivity index (χ3v) is 5.13. The molecule has 1 N–H and O–H groups in total. The molecular weight excluding hydrogens is 360 g/mol. The van der Waals surface area contributed by atoms with Gasteiger partial charge in [-0.1, -0.05) is 47.6 Å². The van der Waals surface area contributed by atoms with Crippen LogP contribution >= 0.6 is 34.7 Å². The number of thiophene rings is 1. The first-order chi connectivity index (χ1) is 11.7. The van der Waals surface area contributed by atoms with Crippen molar-refractivity contribution in [1.82, 2.24) is 0 Å². The number of nitrogens with zero attached hydrogens (tertiary/aromatic N) is 1. The fourth-order valence-corrected chi connectivity index (χ4v) is 3.52. The smallest absolute Gasteiger partial charge is 0.229 e. The van der Waals surface area contributed by atoms with Crippen LogP contribution in [0.3, 0.4) is 0 Å². The lowest BCUT2D eigenvalue weighted by atomic mass is 10.3. The van der Waals surface area contributed by atoms with Crippen molar-refractivity contribution in [2.24, 2.45) is 5.10 Å². The number of anilines is 1. The van der Waals surface area contributed by atoms with Gasteiger partial charge in [-0.2, -0.15) is 5.10 Å². The molecule has 0 spiro atoms. The van der Waals surface area contributed by atoms with E-state index in [1.165, 1.54) is 23.1 Å². The largest absolute Gasteiger partial charge is 0.285 e. The Bertz CT molecular complexity index is 831. The number of carbonyl (C=O) groups is 1. The van der Waals surface area contributed by atoms with E-state index in [1.54, 1.807) is 18.2 Å². The average molecular weight is 373 g/mol. The zero-order chi connectivity index (χ0) is 16.8. The van der Waals surface area contributed by atoms with E-state index in [-0.39, 0.29) is 5.78 Å². The molecule has 120 valence electrons. The van der Waals surface area contributed by atoms with E-state index in [9.17, 15) is 4.79 Å². The maximum Gasteiger partial charge on any atom is 0.229 e. The molecule has 0 saturated carbocycles. The molecule has 2 aromatic carbocycles. The van der Waals surface area contributed by atoms with Gasteiger partial charge in [-0.05, 0) is 47.8 Å². The van der Waals surface area contributed by atoms with Crippen LogP contribution in [0.25, 0.3) is 0 Å². The van der Waals surface area contributed by atoms with Gasteiger partial charge in [0.1, 0.15) is 0 Å². The van der Waals surface area contributed by atoms with Crippen LogP contribution in [-0.2, 0) is 0 Å². The standard InChI is InChI=1S/C18H13ClN2OS2/c19-13-8-10-15(11-9-13)24-18(17(22)16-7-4-12-23-16)21-20-14-5-2-1-3-6-14/h1-12,20H/b21-18+. The van der Waals surface area contributed by atoms with Crippen molar-refractivity contribution in [3.63, 3.8) is 0 Å². The lowest BCUT2D eigenvalue weighted by molar-refractivity contribution is 0.107. The van der Waals surface area contributed by atoms with Crippen LogP contribution in [0, 0.1) is 0 Å². The molecule has 0 radical (unpaired) electrons. The molecule has 0 saturated heterocycles. The summed E-state index contributed by atoms with van der Waals surface area (Å²) in [6, 6.07) is 20.5. The molecule has 3 aromatic rings. The van der Waals surface area contributed by atoms with Crippen molar-refractivity contribution in [2.45, 2.75) is 4.90 Å². The van der Waals surface area contributed by atoms with Gasteiger partial charge in [0.25, 0.3) is 0 Å². The Morgan fingerprint density at radius 3 is 2.42 bits per heavy atom. The fourth-order valence-electron chi connectivity index (χ4n) is 1.88. The summed E-state index contributed by atoms with van der Waals surface area (Å²) in [6.45, 7) is 0. The number of benzene rings is 2. The Morgan fingerprint density at radius 2 is 1.75 bits per heavy atom. The number of carbonyl (C=O) groups excluding carboxylic acids is 1. The maximum atomic E-state index is 12.7. The molecule has 1 heterocycles. The Hall–Kier alpha value is -2.08. The molecule has 0 amide bonds. The third kappa shape index (κ3) is 4.47. The van der Waals surface area contributed by atoms with Gasteiger partial charge in [0.15, 0.2) is 5.04 Å². The molecule has 0 aliphatic heterocycles. The van der Waals surface area contributed by atoms with Crippen LogP contribution in [0.15, 0.2) is 82.1 Å². The van der Waals surface area contributed by atoms with Crippen molar-refractivity contribution in [3.05, 3.63) is 82.0 Å². The van der Waals surface area contributed by atoms with Crippen LogP contribution in [-0.4, -0.2) is 10.8 Å². The van der Waals surface area contributed by atoms with Gasteiger partial charge in [-0.3, -0.25) is 10.2 Å². The van der Waals surface area contributed by atoms with Crippen molar-refractivity contribution >= 4 is 51.2 Å². The first-order valence-electron chi connectivity index (χ1n) is 7.13. The molecule has 6 heteroatoms. The second-order valence-electron chi connectivity index (χ2n) is 4.76. The third-order valence-electron chi connectivity index (χ3n) is 3.03. The van der Waals surface area contributed by atoms with E-state index in [2.05, 4.69) is 10.5 Å². The summed E-state index contributed by atoms with van der Waals surface area (Å²) in [7, 11) is 0. The van der Waals surface area contributed by atoms with Gasteiger partial charge < -0.3 is 0 Å². The van der Waals surface area contributed by atoms with E-state index in [4.69, 9.17) is 11.6 Å². The van der Waals surface area contributed by atoms with Gasteiger partial charge in [0.05, 0.1) is 10.6 Å². The number of hydrogen-bond acceptors (Lipinski definition) is 5. The van der Waals surface area contributed by atoms with Gasteiger partial charge in [0, 0.05) is 9.92 Å². The molecule has 0 aliphatic rings. The molecule has 3 rings (SSSR count). The second kappa shape index (κ2) is 8.15. The molecule has 0 unspecified atom stereocenters. The summed E-state index contributed by atoms with van der Waals surface area (Å²) in [5.41, 5.74) is 3.77. The first-order valence-corrected chi connectivity index (χ1v) is 9.20. The number of hydrogen-bond donors (Lipinski definition) is 1. The highest BCUT2D eigenvalue weighted by atomic mass is 35.5. The predicted molar refractivity (Wildman–Crippen MR) is 103 cm³/mol. The Labute approximate surface area is 153 Å². The van der Waals surface area contributed by atoms with Crippen molar-refractivity contribution in [2.75, 3.05) is 5.43 Å². The van der Waals surface area contributed by atoms with E-state index in [1.807, 2.05) is 53.9 Å². The number of Topliss-reactive ketones (excluding diaryl/α,β-unsaturated/α-hetero) is 1. The first kappa shape index (κ1) is 16.8. The quantitative estimate of drug-likeness (QED) is 0.202. The SMILES string of the molecule is O=C(/C(=N\Nc1ccccc1)Sc1ccc(Cl)cc1)c1cccs1. The van der Waals surface area contributed by atoms with Crippen molar-refractivity contribution in [3.8, 4) is 0 Å². The van der Waals surface area contributed by atoms with E-state index in [0.717, 1.165) is 10.6 Å². The Kier molecular flexibility index (Phi) is 5.69. The summed E-state index contributed by atoms with van der Waals surface area (Å²) in [4.78, 5) is 14.2. The van der Waals surface area contributed by atoms with Gasteiger partial charge in [0.2, 0.25) is 5.78 Å². The lowest BCUT2D eigenvalue weighted by Crippen LogP contribution is -2.11. The van der Waals surface area contributed by atoms with Crippen molar-refractivity contribution in [1.29, 1.82) is 0 Å². The highest BCUT2D eigenvalue weighted by Crippen LogP contribution is 2.25. The molecule has 3 nitrogen and oxygen atoms in total. The minimum Gasteiger partial charge on any atom is -0.285 e. The van der Waals surface area contributed by atoms with E-state index < -0.39 is 0 Å². The lowest BCUT2D eigenvalue weighted by Gasteiger charge is -2.06. The molecule has 0 fully saturated rings. The summed E-state index contributed by atoms with van der Waals surface area (Å²) >= 11 is 8.63. The number of hydrazone groups is 1. The number of nitrogens with one attached hydrogen (secondary N) is 1. The molecule has 0 atom stereocenters. The summed E-state index contributed by atoms with van der Waals surface area (Å²) in [5.74, 6) is -0.103. The van der Waals surface area contributed by atoms with Crippen LogP contribution < -0.4 is 5.43 Å². The monoisotopic (exact) mass is 372 g/mol. The number of halogens is 1. The Morgan fingerprint density at radius 1 is 1.00 bits per heavy atom. The molecule has 0 aliphatic carbocycles. The molecule has 1 aromatic heterocycles. The topological polar surface area (TPSA) is 41.5 Å². The van der Waals surface area contributed by atoms with Crippen LogP contribution in [0.5, 0.6) is 0 Å². The Balaban J connectivity index is 1.85. The molecule has 0 bridgehead atoms. The van der Waals surface area contributed by atoms with E-state index >= 15 is 0 Å². The highest BCUT2D eigenvalue weighted by Gasteiger charge is 2.17. The minimum atomic E-state index is -0.103. The van der Waals surface area contributed by atoms with Gasteiger partial charge in [-0.15, -0.1) is 11.3 Å². The molecular formula is C18H13ClN2OS2. The normalized spacial score (nSPS) is 11.3. The summed E-state index contributed by atoms with van der Waals surface area (Å²) in [5, 5.41) is 7.23. The fraction of sp³-hybridized carbons (Fsp3) is 0. The van der Waals surface area contributed by atoms with E-state index in [0.29, 0.717) is 14.9 Å². The highest BCUT2D eigenvalue weighted by molar-refractivity contribution is 8.15. The maximum absolute atomic E-state index is 12.7. The van der Waals surface area contributed by atoms with Crippen LogP contribution in [0.2, 0.25) is 5.02 Å². The number of ketones is 1. The number of rotatable bonds is 5. The number of thioether (sulfide) groups is 1. The zero-order valence-electron chi connectivity index (χ0n) is 12.5. The molecule has 24 heavy (non-hydrogen) atoms. The average Bonchev–Trinajstić information content (AvgIpc) is 3.15. The van der Waals surface area contributed by atoms with Crippen LogP contribution in [0.4, 0.5) is 5.69 Å².